The Morgan fingerprint density at radius 3 is 1.26 bits per heavy atom. The summed E-state index contributed by atoms with van der Waals surface area (Å²) in [6, 6.07) is 0. The van der Waals surface area contributed by atoms with Crippen LogP contribution in [0.2, 0.25) is 0 Å². The molecule has 2 atom stereocenters. The smallest absolute Gasteiger partial charge is 0.388 e. The van der Waals surface area contributed by atoms with Crippen molar-refractivity contribution < 1.29 is 61.6 Å². The Hall–Kier alpha value is 1.80. The summed E-state index contributed by atoms with van der Waals surface area (Å²) >= 11 is 9.48. The van der Waals surface area contributed by atoms with Gasteiger partial charge in [-0.05, 0) is 37.5 Å². The molecule has 0 saturated heterocycles. The quantitative estimate of drug-likeness (QED) is 0.359. The van der Waals surface area contributed by atoms with Crippen LogP contribution in [0, 0.1) is 10.8 Å². The normalized spacial score (nSPS) is 17.7. The van der Waals surface area contributed by atoms with Crippen LogP contribution >= 0.6 is 24.8 Å². The zero-order valence-electron chi connectivity index (χ0n) is 16.5. The molecule has 0 fully saturated rings. The second-order valence-electron chi connectivity index (χ2n) is 9.61. The largest absolute Gasteiger partial charge is 1.00 e. The molecule has 6 heteroatoms. The fourth-order valence-electron chi connectivity index (χ4n) is 3.41. The third kappa shape index (κ3) is 14.6. The van der Waals surface area contributed by atoms with E-state index in [0.29, 0.717) is 30.3 Å². The molecule has 0 rings (SSSR count). The Bertz CT molecular complexity index is 355. The molecule has 0 saturated carbocycles. The molecular weight excluding hydrogens is 353 g/mol. The van der Waals surface area contributed by atoms with Gasteiger partial charge in [0.1, 0.15) is 4.32 Å². The monoisotopic (exact) mass is 388 g/mol. The van der Waals surface area contributed by atoms with Gasteiger partial charge in [-0.2, -0.15) is 0 Å². The van der Waals surface area contributed by atoms with Crippen molar-refractivity contribution >= 4 is 29.2 Å². The van der Waals surface area contributed by atoms with E-state index >= 15 is 0 Å². The Morgan fingerprint density at radius 1 is 0.826 bits per heavy atom. The van der Waals surface area contributed by atoms with Crippen molar-refractivity contribution in [3.8, 4) is 0 Å². The van der Waals surface area contributed by atoms with E-state index < -0.39 is 11.2 Å². The summed E-state index contributed by atoms with van der Waals surface area (Å²) in [5.41, 5.74) is -1.74. The van der Waals surface area contributed by atoms with Gasteiger partial charge in [0.25, 0.3) is 0 Å². The van der Waals surface area contributed by atoms with Crippen LogP contribution in [0.5, 0.6) is 0 Å². The van der Waals surface area contributed by atoms with Gasteiger partial charge in [-0.3, -0.25) is 0 Å². The van der Waals surface area contributed by atoms with Gasteiger partial charge in [-0.25, -0.2) is 0 Å². The molecule has 0 heterocycles. The fraction of sp³-hybridized carbons (Fsp3) is 0.941. The van der Waals surface area contributed by atoms with E-state index in [1.807, 2.05) is 13.8 Å². The molecule has 0 bridgehead atoms. The zero-order chi connectivity index (χ0) is 18.0. The number of rotatable bonds is 6. The topological polar surface area (TPSA) is 43.7 Å². The second-order valence-corrected chi connectivity index (χ2v) is 10.7. The van der Waals surface area contributed by atoms with Crippen molar-refractivity contribution in [2.75, 3.05) is 13.1 Å². The van der Waals surface area contributed by atoms with Gasteiger partial charge < -0.3 is 15.1 Å². The van der Waals surface area contributed by atoms with Crippen LogP contribution in [0.25, 0.3) is 0 Å². The van der Waals surface area contributed by atoms with Crippen LogP contribution in [-0.4, -0.2) is 43.7 Å². The molecule has 0 aromatic carbocycles. The van der Waals surface area contributed by atoms with Crippen LogP contribution < -0.4 is 51.4 Å². The standard InChI is InChI=1S/C17H35NO2S2.K/c1-14(2,3)9-16(7,19)11-18(13(21)22)12-17(8,20)10-15(4,5)6;/h19-20H,9-12H2,1-8H3,(H,21,22);/q;+1. The molecule has 0 aromatic rings. The molecule has 3 nitrogen and oxygen atoms in total. The van der Waals surface area contributed by atoms with Crippen LogP contribution in [0.3, 0.4) is 0 Å². The first-order chi connectivity index (χ1) is 9.43. The third-order valence-corrected chi connectivity index (χ3v) is 3.70. The first-order valence-electron chi connectivity index (χ1n) is 7.85. The molecule has 0 aliphatic heterocycles. The van der Waals surface area contributed by atoms with Crippen LogP contribution in [0.1, 0.15) is 68.2 Å². The predicted molar refractivity (Wildman–Crippen MR) is 103 cm³/mol. The summed E-state index contributed by atoms with van der Waals surface area (Å²) in [5, 5.41) is 21.4. The first kappa shape index (κ1) is 27.0. The van der Waals surface area contributed by atoms with E-state index in [1.54, 1.807) is 4.90 Å². The second kappa shape index (κ2) is 9.65. The van der Waals surface area contributed by atoms with Crippen molar-refractivity contribution in [2.45, 2.75) is 79.4 Å². The van der Waals surface area contributed by atoms with Gasteiger partial charge in [-0.15, -0.1) is 12.6 Å². The van der Waals surface area contributed by atoms with E-state index in [2.05, 4.69) is 54.2 Å². The molecule has 0 aliphatic carbocycles. The number of hydrogen-bond acceptors (Lipinski definition) is 3. The van der Waals surface area contributed by atoms with Gasteiger partial charge in [0.15, 0.2) is 0 Å². The minimum absolute atomic E-state index is 0. The van der Waals surface area contributed by atoms with Crippen molar-refractivity contribution in [3.05, 3.63) is 0 Å². The summed E-state index contributed by atoms with van der Waals surface area (Å²) in [6.45, 7) is 17.0. The van der Waals surface area contributed by atoms with Gasteiger partial charge in [0, 0.05) is 13.1 Å². The Labute approximate surface area is 196 Å². The predicted octanol–water partition coefficient (Wildman–Crippen LogP) is 0.881. The van der Waals surface area contributed by atoms with E-state index in [1.165, 1.54) is 0 Å². The molecule has 2 N–H and O–H groups in total. The molecule has 0 radical (unpaired) electrons. The van der Waals surface area contributed by atoms with E-state index in [9.17, 15) is 10.2 Å². The first-order valence-corrected chi connectivity index (χ1v) is 8.71. The van der Waals surface area contributed by atoms with Crippen LogP contribution in [0.4, 0.5) is 0 Å². The summed E-state index contributed by atoms with van der Waals surface area (Å²) in [4.78, 5) is 1.80. The number of thiocarbonyl (C=S) groups is 1. The van der Waals surface area contributed by atoms with Crippen LogP contribution in [0.15, 0.2) is 0 Å². The van der Waals surface area contributed by atoms with E-state index in [-0.39, 0.29) is 62.2 Å². The number of hydrogen-bond donors (Lipinski definition) is 3. The number of aliphatic hydroxyl groups is 2. The average Bonchev–Trinajstić information content (AvgIpc) is 2.05. The maximum atomic E-state index is 10.7. The fourth-order valence-corrected chi connectivity index (χ4v) is 3.68. The summed E-state index contributed by atoms with van der Waals surface area (Å²) in [5.74, 6) is 0. The molecular formula is C17H35KNO2S2+. The maximum Gasteiger partial charge on any atom is 1.00 e. The van der Waals surface area contributed by atoms with Gasteiger partial charge >= 0.3 is 51.4 Å². The maximum absolute atomic E-state index is 10.7. The summed E-state index contributed by atoms with van der Waals surface area (Å²) in [7, 11) is 0. The molecule has 0 aromatic heterocycles. The Morgan fingerprint density at radius 2 is 1.09 bits per heavy atom. The van der Waals surface area contributed by atoms with Gasteiger partial charge in [-0.1, -0.05) is 53.8 Å². The summed E-state index contributed by atoms with van der Waals surface area (Å²) < 4.78 is 0.406. The number of nitrogens with zero attached hydrogens (tertiary/aromatic N) is 1. The molecule has 0 aliphatic rings. The Balaban J connectivity index is 0. The molecule has 2 unspecified atom stereocenters. The van der Waals surface area contributed by atoms with Gasteiger partial charge in [0.05, 0.1) is 11.2 Å². The summed E-state index contributed by atoms with van der Waals surface area (Å²) in [6.07, 6.45) is 1.29. The average molecular weight is 389 g/mol. The van der Waals surface area contributed by atoms with E-state index in [4.69, 9.17) is 12.2 Å². The van der Waals surface area contributed by atoms with Gasteiger partial charge in [0.2, 0.25) is 0 Å². The number of thiol groups is 1. The SMILES string of the molecule is CC(C)(C)CC(C)(O)CN(CC(C)(O)CC(C)(C)C)C(=S)S.[K+]. The van der Waals surface area contributed by atoms with Crippen molar-refractivity contribution in [1.29, 1.82) is 0 Å². The third-order valence-electron chi connectivity index (χ3n) is 3.16. The van der Waals surface area contributed by atoms with Crippen molar-refractivity contribution in [3.63, 3.8) is 0 Å². The molecule has 0 spiro atoms. The Kier molecular flexibility index (Phi) is 11.3. The minimum Gasteiger partial charge on any atom is -0.388 e. The van der Waals surface area contributed by atoms with E-state index in [0.717, 1.165) is 0 Å². The molecule has 132 valence electrons. The molecule has 23 heavy (non-hydrogen) atoms. The zero-order valence-corrected chi connectivity index (χ0v) is 21.4. The minimum atomic E-state index is -0.886. The van der Waals surface area contributed by atoms with Crippen molar-refractivity contribution in [2.24, 2.45) is 10.8 Å². The molecule has 0 amide bonds. The van der Waals surface area contributed by atoms with Crippen molar-refractivity contribution in [1.82, 2.24) is 4.90 Å². The van der Waals surface area contributed by atoms with Crippen LogP contribution in [-0.2, 0) is 0 Å².